The van der Waals surface area contributed by atoms with Crippen molar-refractivity contribution in [2.24, 2.45) is 0 Å². The summed E-state index contributed by atoms with van der Waals surface area (Å²) in [4.78, 5) is 0. The van der Waals surface area contributed by atoms with E-state index in [9.17, 15) is 0 Å². The lowest BCUT2D eigenvalue weighted by molar-refractivity contribution is 0.333. The van der Waals surface area contributed by atoms with Crippen molar-refractivity contribution >= 4 is 21.6 Å². The number of para-hydroxylation sites is 1. The number of ether oxygens (including phenoxy) is 1. The van der Waals surface area contributed by atoms with E-state index in [4.69, 9.17) is 4.74 Å². The van der Waals surface area contributed by atoms with Crippen LogP contribution in [0.1, 0.15) is 11.1 Å². The Kier molecular flexibility index (Phi) is 4.86. The summed E-state index contributed by atoms with van der Waals surface area (Å²) in [7, 11) is 0. The highest BCUT2D eigenvalue weighted by Crippen LogP contribution is 2.24. The van der Waals surface area contributed by atoms with Gasteiger partial charge in [-0.25, -0.2) is 0 Å². The molecule has 0 saturated carbocycles. The SMILES string of the molecule is Cc1cc(NCCOc2ccccc2)cc(C)c1Br. The van der Waals surface area contributed by atoms with Gasteiger partial charge in [0.05, 0.1) is 0 Å². The van der Waals surface area contributed by atoms with Crippen LogP contribution in [0.5, 0.6) is 5.75 Å². The Labute approximate surface area is 122 Å². The number of nitrogens with one attached hydrogen (secondary N) is 1. The van der Waals surface area contributed by atoms with E-state index in [-0.39, 0.29) is 0 Å². The smallest absolute Gasteiger partial charge is 0.119 e. The van der Waals surface area contributed by atoms with Crippen molar-refractivity contribution < 1.29 is 4.74 Å². The second-order valence-electron chi connectivity index (χ2n) is 4.51. The van der Waals surface area contributed by atoms with Gasteiger partial charge in [0.2, 0.25) is 0 Å². The number of halogens is 1. The van der Waals surface area contributed by atoms with Crippen molar-refractivity contribution in [2.45, 2.75) is 13.8 Å². The van der Waals surface area contributed by atoms with E-state index >= 15 is 0 Å². The van der Waals surface area contributed by atoms with Crippen LogP contribution in [0.3, 0.4) is 0 Å². The van der Waals surface area contributed by atoms with Gasteiger partial charge in [0.1, 0.15) is 12.4 Å². The van der Waals surface area contributed by atoms with Gasteiger partial charge < -0.3 is 10.1 Å². The number of aryl methyl sites for hydroxylation is 2. The second kappa shape index (κ2) is 6.62. The van der Waals surface area contributed by atoms with Gasteiger partial charge in [0.25, 0.3) is 0 Å². The Morgan fingerprint density at radius 2 is 1.68 bits per heavy atom. The predicted octanol–water partition coefficient (Wildman–Crippen LogP) is 4.56. The van der Waals surface area contributed by atoms with Gasteiger partial charge in [-0.1, -0.05) is 34.1 Å². The van der Waals surface area contributed by atoms with Crippen LogP contribution in [0, 0.1) is 13.8 Å². The van der Waals surface area contributed by atoms with E-state index in [0.717, 1.165) is 18.0 Å². The summed E-state index contributed by atoms with van der Waals surface area (Å²) >= 11 is 3.57. The minimum absolute atomic E-state index is 0.651. The maximum atomic E-state index is 5.64. The fourth-order valence-corrected chi connectivity index (χ4v) is 2.16. The van der Waals surface area contributed by atoms with Gasteiger partial charge in [-0.2, -0.15) is 0 Å². The summed E-state index contributed by atoms with van der Waals surface area (Å²) in [5.41, 5.74) is 3.62. The van der Waals surface area contributed by atoms with E-state index in [0.29, 0.717) is 6.61 Å². The molecule has 2 aromatic rings. The second-order valence-corrected chi connectivity index (χ2v) is 5.31. The van der Waals surface area contributed by atoms with Crippen LogP contribution in [0.25, 0.3) is 0 Å². The molecule has 2 nitrogen and oxygen atoms in total. The van der Waals surface area contributed by atoms with Gasteiger partial charge in [-0.05, 0) is 49.2 Å². The van der Waals surface area contributed by atoms with Crippen molar-refractivity contribution in [1.82, 2.24) is 0 Å². The minimum atomic E-state index is 0.651. The normalized spacial score (nSPS) is 10.3. The molecule has 0 unspecified atom stereocenters. The van der Waals surface area contributed by atoms with E-state index in [1.165, 1.54) is 15.6 Å². The largest absolute Gasteiger partial charge is 0.492 e. The molecule has 0 aliphatic heterocycles. The van der Waals surface area contributed by atoms with Gasteiger partial charge in [0.15, 0.2) is 0 Å². The fraction of sp³-hybridized carbons (Fsp3) is 0.250. The lowest BCUT2D eigenvalue weighted by atomic mass is 10.1. The molecule has 0 aliphatic rings. The maximum absolute atomic E-state index is 5.64. The summed E-state index contributed by atoms with van der Waals surface area (Å²) in [6.07, 6.45) is 0. The molecule has 2 aromatic carbocycles. The lowest BCUT2D eigenvalue weighted by Gasteiger charge is -2.11. The van der Waals surface area contributed by atoms with Crippen LogP contribution >= 0.6 is 15.9 Å². The molecule has 0 radical (unpaired) electrons. The molecular weight excluding hydrogens is 302 g/mol. The van der Waals surface area contributed by atoms with Crippen LogP contribution < -0.4 is 10.1 Å². The monoisotopic (exact) mass is 319 g/mol. The number of benzene rings is 2. The van der Waals surface area contributed by atoms with Crippen molar-refractivity contribution in [2.75, 3.05) is 18.5 Å². The molecule has 100 valence electrons. The highest BCUT2D eigenvalue weighted by Gasteiger charge is 2.01. The first-order valence-corrected chi connectivity index (χ1v) is 7.14. The molecule has 19 heavy (non-hydrogen) atoms. The molecule has 0 bridgehead atoms. The maximum Gasteiger partial charge on any atom is 0.119 e. The predicted molar refractivity (Wildman–Crippen MR) is 84.0 cm³/mol. The zero-order chi connectivity index (χ0) is 13.7. The topological polar surface area (TPSA) is 21.3 Å². The summed E-state index contributed by atoms with van der Waals surface area (Å²) in [6, 6.07) is 14.1. The summed E-state index contributed by atoms with van der Waals surface area (Å²) in [5, 5.41) is 3.38. The van der Waals surface area contributed by atoms with Gasteiger partial charge in [0, 0.05) is 16.7 Å². The standard InChI is InChI=1S/C16H18BrNO/c1-12-10-14(11-13(2)16(12)17)18-8-9-19-15-6-4-3-5-7-15/h3-7,10-11,18H,8-9H2,1-2H3. The minimum Gasteiger partial charge on any atom is -0.492 e. The quantitative estimate of drug-likeness (QED) is 0.816. The Morgan fingerprint density at radius 3 is 2.32 bits per heavy atom. The van der Waals surface area contributed by atoms with Crippen LogP contribution in [-0.4, -0.2) is 13.2 Å². The van der Waals surface area contributed by atoms with Crippen molar-refractivity contribution in [3.05, 3.63) is 58.1 Å². The van der Waals surface area contributed by atoms with E-state index in [2.05, 4.69) is 47.2 Å². The zero-order valence-electron chi connectivity index (χ0n) is 11.2. The van der Waals surface area contributed by atoms with Gasteiger partial charge >= 0.3 is 0 Å². The Balaban J connectivity index is 1.83. The highest BCUT2D eigenvalue weighted by molar-refractivity contribution is 9.10. The van der Waals surface area contributed by atoms with Crippen LogP contribution in [0.2, 0.25) is 0 Å². The van der Waals surface area contributed by atoms with Crippen LogP contribution in [0.4, 0.5) is 5.69 Å². The van der Waals surface area contributed by atoms with Crippen molar-refractivity contribution in [3.8, 4) is 5.75 Å². The third kappa shape index (κ3) is 4.00. The van der Waals surface area contributed by atoms with Crippen molar-refractivity contribution in [3.63, 3.8) is 0 Å². The van der Waals surface area contributed by atoms with E-state index < -0.39 is 0 Å². The molecular formula is C16H18BrNO. The summed E-state index contributed by atoms with van der Waals surface area (Å²) in [6.45, 7) is 5.64. The molecule has 2 rings (SSSR count). The Bertz CT molecular complexity index is 517. The fourth-order valence-electron chi connectivity index (χ4n) is 1.93. The molecule has 0 spiro atoms. The third-order valence-corrected chi connectivity index (χ3v) is 4.13. The highest BCUT2D eigenvalue weighted by atomic mass is 79.9. The lowest BCUT2D eigenvalue weighted by Crippen LogP contribution is -2.11. The molecule has 0 atom stereocenters. The molecule has 0 fully saturated rings. The zero-order valence-corrected chi connectivity index (χ0v) is 12.8. The molecule has 3 heteroatoms. The first-order valence-electron chi connectivity index (χ1n) is 6.35. The van der Waals surface area contributed by atoms with Crippen LogP contribution in [-0.2, 0) is 0 Å². The first kappa shape index (κ1) is 13.9. The average molecular weight is 320 g/mol. The third-order valence-electron chi connectivity index (χ3n) is 2.88. The number of hydrogen-bond acceptors (Lipinski definition) is 2. The van der Waals surface area contributed by atoms with Crippen molar-refractivity contribution in [1.29, 1.82) is 0 Å². The van der Waals surface area contributed by atoms with Gasteiger partial charge in [-0.3, -0.25) is 0 Å². The first-order chi connectivity index (χ1) is 9.16. The van der Waals surface area contributed by atoms with Gasteiger partial charge in [-0.15, -0.1) is 0 Å². The summed E-state index contributed by atoms with van der Waals surface area (Å²) < 4.78 is 6.82. The Hall–Kier alpha value is -1.48. The molecule has 0 aliphatic carbocycles. The molecule has 0 amide bonds. The number of rotatable bonds is 5. The number of hydrogen-bond donors (Lipinski definition) is 1. The molecule has 0 heterocycles. The molecule has 1 N–H and O–H groups in total. The summed E-state index contributed by atoms with van der Waals surface area (Å²) in [5.74, 6) is 0.910. The van der Waals surface area contributed by atoms with E-state index in [1.807, 2.05) is 30.3 Å². The van der Waals surface area contributed by atoms with Crippen LogP contribution in [0.15, 0.2) is 46.9 Å². The number of anilines is 1. The Morgan fingerprint density at radius 1 is 1.05 bits per heavy atom. The average Bonchev–Trinajstić information content (AvgIpc) is 2.42. The molecule has 0 saturated heterocycles. The molecule has 0 aromatic heterocycles. The van der Waals surface area contributed by atoms with E-state index in [1.54, 1.807) is 0 Å².